The van der Waals surface area contributed by atoms with Crippen LogP contribution in [0, 0.1) is 0 Å². The van der Waals surface area contributed by atoms with Crippen molar-refractivity contribution in [2.45, 2.75) is 63.4 Å². The van der Waals surface area contributed by atoms with Gasteiger partial charge in [0.2, 0.25) is 0 Å². The standard InChI is InChI=1S/C8H12F2O3.C4H7BrO2.C4H4F2O/c1-2-13-6(11)3-7(12)4-8(9,10)5-7;1-2-7-4(6)3-5;5-4(6)1-3(7)2-4/h12H,2-5H2,1H3;2-3H2,1H3;1-2H2. The average Bonchev–Trinajstić information content (AvgIpc) is 2.44. The Labute approximate surface area is 162 Å². The Morgan fingerprint density at radius 1 is 1.00 bits per heavy atom. The van der Waals surface area contributed by atoms with Gasteiger partial charge in [0.25, 0.3) is 11.8 Å². The molecule has 0 aromatic carbocycles. The van der Waals surface area contributed by atoms with Gasteiger partial charge < -0.3 is 14.6 Å². The lowest BCUT2D eigenvalue weighted by molar-refractivity contribution is -0.211. The number of ether oxygens (including phenoxy) is 2. The zero-order chi connectivity index (χ0) is 21.3. The summed E-state index contributed by atoms with van der Waals surface area (Å²) >= 11 is 2.94. The van der Waals surface area contributed by atoms with E-state index in [-0.39, 0.29) is 24.8 Å². The van der Waals surface area contributed by atoms with E-state index in [9.17, 15) is 37.1 Å². The minimum absolute atomic E-state index is 0.200. The highest BCUT2D eigenvalue weighted by atomic mass is 79.9. The van der Waals surface area contributed by atoms with E-state index >= 15 is 0 Å². The molecule has 2 fully saturated rings. The van der Waals surface area contributed by atoms with Gasteiger partial charge in [-0.3, -0.25) is 14.4 Å². The molecule has 2 rings (SSSR count). The van der Waals surface area contributed by atoms with Gasteiger partial charge in [0.05, 0.1) is 38.1 Å². The topological polar surface area (TPSA) is 89.9 Å². The monoisotopic (exact) mass is 466 g/mol. The fourth-order valence-corrected chi connectivity index (χ4v) is 2.40. The van der Waals surface area contributed by atoms with Crippen LogP contribution in [0.5, 0.6) is 0 Å². The van der Waals surface area contributed by atoms with Gasteiger partial charge in [-0.25, -0.2) is 17.6 Å². The fourth-order valence-electron chi connectivity index (χ4n) is 2.24. The number of alkyl halides is 5. The second-order valence-corrected chi connectivity index (χ2v) is 6.66. The Hall–Kier alpha value is -1.23. The lowest BCUT2D eigenvalue weighted by Crippen LogP contribution is -2.52. The van der Waals surface area contributed by atoms with Crippen molar-refractivity contribution in [2.75, 3.05) is 18.5 Å². The third kappa shape index (κ3) is 11.3. The molecule has 1 N–H and O–H groups in total. The van der Waals surface area contributed by atoms with Gasteiger partial charge in [0, 0.05) is 12.8 Å². The van der Waals surface area contributed by atoms with E-state index in [2.05, 4.69) is 25.4 Å². The minimum Gasteiger partial charge on any atom is -0.466 e. The number of carbonyl (C=O) groups excluding carboxylic acids is 3. The molecule has 0 unspecified atom stereocenters. The van der Waals surface area contributed by atoms with E-state index in [0.29, 0.717) is 11.9 Å². The average molecular weight is 467 g/mol. The molecule has 2 saturated carbocycles. The molecular formula is C16H23BrF4O6. The number of hydrogen-bond acceptors (Lipinski definition) is 6. The van der Waals surface area contributed by atoms with Crippen molar-refractivity contribution in [1.29, 1.82) is 0 Å². The van der Waals surface area contributed by atoms with E-state index in [1.807, 2.05) is 0 Å². The van der Waals surface area contributed by atoms with Crippen LogP contribution in [0.1, 0.15) is 46.0 Å². The van der Waals surface area contributed by atoms with Crippen LogP contribution in [0.2, 0.25) is 0 Å². The Balaban J connectivity index is 0.000000410. The van der Waals surface area contributed by atoms with Crippen molar-refractivity contribution < 1.29 is 46.5 Å². The minimum atomic E-state index is -2.82. The highest BCUT2D eigenvalue weighted by Crippen LogP contribution is 2.47. The summed E-state index contributed by atoms with van der Waals surface area (Å²) in [6.45, 7) is 4.06. The number of halogens is 5. The predicted molar refractivity (Wildman–Crippen MR) is 90.0 cm³/mol. The summed E-state index contributed by atoms with van der Waals surface area (Å²) in [4.78, 5) is 30.8. The number of aliphatic hydroxyl groups is 1. The van der Waals surface area contributed by atoms with Crippen molar-refractivity contribution in [3.8, 4) is 0 Å². The second-order valence-electron chi connectivity index (χ2n) is 6.10. The van der Waals surface area contributed by atoms with Crippen LogP contribution in [0.25, 0.3) is 0 Å². The molecule has 6 nitrogen and oxygen atoms in total. The number of esters is 2. The highest BCUT2D eigenvalue weighted by Gasteiger charge is 2.56. The molecule has 0 heterocycles. The third-order valence-electron chi connectivity index (χ3n) is 3.28. The maximum atomic E-state index is 12.4. The second kappa shape index (κ2) is 10.9. The predicted octanol–water partition coefficient (Wildman–Crippen LogP) is 3.03. The molecular weight excluding hydrogens is 444 g/mol. The molecule has 2 aliphatic rings. The first-order valence-corrected chi connectivity index (χ1v) is 9.27. The fraction of sp³-hybridized carbons (Fsp3) is 0.812. The van der Waals surface area contributed by atoms with Gasteiger partial charge in [0.1, 0.15) is 11.1 Å². The van der Waals surface area contributed by atoms with Crippen LogP contribution in [0.15, 0.2) is 0 Å². The maximum Gasteiger partial charge on any atom is 0.316 e. The van der Waals surface area contributed by atoms with Crippen LogP contribution < -0.4 is 0 Å². The van der Waals surface area contributed by atoms with Crippen LogP contribution in [0.3, 0.4) is 0 Å². The van der Waals surface area contributed by atoms with E-state index in [0.717, 1.165) is 0 Å². The highest BCUT2D eigenvalue weighted by molar-refractivity contribution is 9.09. The van der Waals surface area contributed by atoms with Gasteiger partial charge in [-0.2, -0.15) is 0 Å². The zero-order valence-corrected chi connectivity index (χ0v) is 16.6. The summed E-state index contributed by atoms with van der Waals surface area (Å²) in [5.41, 5.74) is -1.55. The van der Waals surface area contributed by atoms with Crippen LogP contribution >= 0.6 is 15.9 Å². The lowest BCUT2D eigenvalue weighted by atomic mass is 9.74. The molecule has 0 saturated heterocycles. The Kier molecular flexibility index (Phi) is 10.4. The molecule has 0 amide bonds. The molecule has 2 aliphatic carbocycles. The molecule has 11 heteroatoms. The molecule has 0 radical (unpaired) electrons. The van der Waals surface area contributed by atoms with Gasteiger partial charge in [0.15, 0.2) is 0 Å². The van der Waals surface area contributed by atoms with Crippen LogP contribution in [0.4, 0.5) is 17.6 Å². The largest absolute Gasteiger partial charge is 0.466 e. The number of carbonyl (C=O) groups is 3. The first-order chi connectivity index (χ1) is 12.3. The maximum absolute atomic E-state index is 12.4. The molecule has 0 aromatic heterocycles. The summed E-state index contributed by atoms with van der Waals surface area (Å²) in [5.74, 6) is -6.63. The van der Waals surface area contributed by atoms with Crippen molar-refractivity contribution in [3.05, 3.63) is 0 Å². The van der Waals surface area contributed by atoms with E-state index in [1.54, 1.807) is 13.8 Å². The summed E-state index contributed by atoms with van der Waals surface area (Å²) in [7, 11) is 0. The van der Waals surface area contributed by atoms with Crippen LogP contribution in [-0.2, 0) is 23.9 Å². The summed E-state index contributed by atoms with van der Waals surface area (Å²) < 4.78 is 56.9. The zero-order valence-electron chi connectivity index (χ0n) is 15.0. The molecule has 158 valence electrons. The molecule has 0 aliphatic heterocycles. The van der Waals surface area contributed by atoms with Crippen molar-refractivity contribution >= 4 is 33.7 Å². The van der Waals surface area contributed by atoms with E-state index in [4.69, 9.17) is 0 Å². The molecule has 27 heavy (non-hydrogen) atoms. The molecule has 0 atom stereocenters. The normalized spacial score (nSPS) is 20.4. The number of ketones is 1. The van der Waals surface area contributed by atoms with E-state index in [1.165, 1.54) is 0 Å². The van der Waals surface area contributed by atoms with Gasteiger partial charge in [-0.15, -0.1) is 0 Å². The van der Waals surface area contributed by atoms with Crippen molar-refractivity contribution in [2.24, 2.45) is 0 Å². The Morgan fingerprint density at radius 2 is 1.44 bits per heavy atom. The summed E-state index contributed by atoms with van der Waals surface area (Å²) in [6, 6.07) is 0. The van der Waals surface area contributed by atoms with Gasteiger partial charge in [-0.05, 0) is 13.8 Å². The number of rotatable bonds is 5. The Bertz CT molecular complexity index is 509. The SMILES string of the molecule is CCOC(=O)CBr.CCOC(=O)CC1(O)CC(F)(F)C1.O=C1CC(F)(F)C1. The van der Waals surface area contributed by atoms with Gasteiger partial charge >= 0.3 is 11.9 Å². The molecule has 0 spiro atoms. The van der Waals surface area contributed by atoms with Crippen molar-refractivity contribution in [3.63, 3.8) is 0 Å². The van der Waals surface area contributed by atoms with E-state index < -0.39 is 49.1 Å². The summed E-state index contributed by atoms with van der Waals surface area (Å²) in [6.07, 6.45) is -2.69. The number of Topliss-reactive ketones (excluding diaryl/α,β-unsaturated/α-hetero) is 1. The first-order valence-electron chi connectivity index (χ1n) is 8.15. The molecule has 0 bridgehead atoms. The Morgan fingerprint density at radius 3 is 1.67 bits per heavy atom. The van der Waals surface area contributed by atoms with Gasteiger partial charge in [-0.1, -0.05) is 15.9 Å². The first kappa shape index (κ1) is 25.8. The number of hydrogen-bond donors (Lipinski definition) is 1. The third-order valence-corrected chi connectivity index (χ3v) is 3.74. The smallest absolute Gasteiger partial charge is 0.316 e. The lowest BCUT2D eigenvalue weighted by Gasteiger charge is -2.42. The van der Waals surface area contributed by atoms with Crippen molar-refractivity contribution in [1.82, 2.24) is 0 Å². The quantitative estimate of drug-likeness (QED) is 0.380. The summed E-state index contributed by atoms with van der Waals surface area (Å²) in [5, 5.41) is 9.65. The molecule has 0 aromatic rings. The van der Waals surface area contributed by atoms with Crippen LogP contribution in [-0.4, -0.2) is 58.8 Å².